The summed E-state index contributed by atoms with van der Waals surface area (Å²) in [6.45, 7) is 1.93. The van der Waals surface area contributed by atoms with Gasteiger partial charge in [0.25, 0.3) is 0 Å². The van der Waals surface area contributed by atoms with E-state index in [1.54, 1.807) is 6.20 Å². The van der Waals surface area contributed by atoms with Gasteiger partial charge in [0.1, 0.15) is 5.82 Å². The van der Waals surface area contributed by atoms with Gasteiger partial charge in [-0.3, -0.25) is 4.57 Å². The average Bonchev–Trinajstić information content (AvgIpc) is 2.58. The van der Waals surface area contributed by atoms with Gasteiger partial charge in [-0.05, 0) is 22.9 Å². The summed E-state index contributed by atoms with van der Waals surface area (Å²) in [4.78, 5) is 4.09. The highest BCUT2D eigenvalue weighted by molar-refractivity contribution is 9.11. The molecule has 0 saturated carbocycles. The number of rotatable bonds is 1. The van der Waals surface area contributed by atoms with Gasteiger partial charge in [-0.15, -0.1) is 10.2 Å². The second kappa shape index (κ2) is 2.95. The molecule has 0 radical (unpaired) electrons. The van der Waals surface area contributed by atoms with Crippen LogP contribution in [-0.4, -0.2) is 19.7 Å². The molecule has 0 aliphatic rings. The molecule has 0 saturated heterocycles. The molecule has 0 aromatic carbocycles. The quantitative estimate of drug-likeness (QED) is 0.769. The van der Waals surface area contributed by atoms with Crippen molar-refractivity contribution in [1.82, 2.24) is 19.7 Å². The van der Waals surface area contributed by atoms with E-state index in [1.807, 2.05) is 17.7 Å². The molecule has 0 unspecified atom stereocenters. The van der Waals surface area contributed by atoms with E-state index in [9.17, 15) is 0 Å². The molecule has 0 amide bonds. The van der Waals surface area contributed by atoms with Crippen molar-refractivity contribution in [2.24, 2.45) is 0 Å². The molecule has 62 valence electrons. The van der Waals surface area contributed by atoms with Crippen molar-refractivity contribution < 1.29 is 0 Å². The van der Waals surface area contributed by atoms with Gasteiger partial charge in [0.15, 0.2) is 3.92 Å². The van der Waals surface area contributed by atoms with Gasteiger partial charge in [0, 0.05) is 12.4 Å². The summed E-state index contributed by atoms with van der Waals surface area (Å²) in [6, 6.07) is 0. The molecule has 2 aromatic heterocycles. The summed E-state index contributed by atoms with van der Waals surface area (Å²) in [5.74, 6) is 0.915. The standard InChI is InChI=1S/C6H5BrN4S/c1-4-8-2-3-11(4)6-10-9-5(7)12-6/h2-3H,1H3. The van der Waals surface area contributed by atoms with E-state index >= 15 is 0 Å². The number of hydrogen-bond donors (Lipinski definition) is 0. The Kier molecular flexibility index (Phi) is 1.93. The molecule has 0 atom stereocenters. The first-order valence-corrected chi connectivity index (χ1v) is 4.87. The molecular weight excluding hydrogens is 240 g/mol. The Morgan fingerprint density at radius 2 is 2.33 bits per heavy atom. The molecule has 6 heteroatoms. The van der Waals surface area contributed by atoms with Crippen LogP contribution < -0.4 is 0 Å². The molecule has 0 spiro atoms. The molecule has 0 aliphatic carbocycles. The first kappa shape index (κ1) is 7.88. The predicted molar refractivity (Wildman–Crippen MR) is 49.5 cm³/mol. The first-order chi connectivity index (χ1) is 5.77. The van der Waals surface area contributed by atoms with Crippen LogP contribution >= 0.6 is 27.3 Å². The van der Waals surface area contributed by atoms with Crippen LogP contribution in [0, 0.1) is 6.92 Å². The maximum absolute atomic E-state index is 4.09. The van der Waals surface area contributed by atoms with Crippen LogP contribution in [0.4, 0.5) is 0 Å². The SMILES string of the molecule is Cc1nccn1-c1nnc(Br)s1. The zero-order chi connectivity index (χ0) is 8.55. The molecule has 2 aromatic rings. The predicted octanol–water partition coefficient (Wildman–Crippen LogP) is 1.79. The molecule has 4 nitrogen and oxygen atoms in total. The normalized spacial score (nSPS) is 10.5. The number of nitrogens with zero attached hydrogens (tertiary/aromatic N) is 4. The molecule has 0 aliphatic heterocycles. The van der Waals surface area contributed by atoms with Gasteiger partial charge < -0.3 is 0 Å². The average molecular weight is 245 g/mol. The summed E-state index contributed by atoms with van der Waals surface area (Å²) in [5.41, 5.74) is 0. The Hall–Kier alpha value is -0.750. The van der Waals surface area contributed by atoms with Gasteiger partial charge in [-0.1, -0.05) is 11.3 Å². The van der Waals surface area contributed by atoms with Gasteiger partial charge in [-0.25, -0.2) is 4.98 Å². The molecule has 12 heavy (non-hydrogen) atoms. The minimum atomic E-state index is 0.783. The zero-order valence-electron chi connectivity index (χ0n) is 6.23. The van der Waals surface area contributed by atoms with Gasteiger partial charge in [0.05, 0.1) is 0 Å². The Labute approximate surface area is 81.4 Å². The van der Waals surface area contributed by atoms with Crippen molar-refractivity contribution in [3.8, 4) is 5.13 Å². The van der Waals surface area contributed by atoms with Crippen LogP contribution in [0.3, 0.4) is 0 Å². The fourth-order valence-electron chi connectivity index (χ4n) is 0.876. The Balaban J connectivity index is 2.50. The van der Waals surface area contributed by atoms with Crippen molar-refractivity contribution in [1.29, 1.82) is 0 Å². The highest BCUT2D eigenvalue weighted by atomic mass is 79.9. The fraction of sp³-hybridized carbons (Fsp3) is 0.167. The third kappa shape index (κ3) is 1.27. The highest BCUT2D eigenvalue weighted by Gasteiger charge is 2.05. The molecule has 0 bridgehead atoms. The van der Waals surface area contributed by atoms with E-state index in [-0.39, 0.29) is 0 Å². The van der Waals surface area contributed by atoms with E-state index in [4.69, 9.17) is 0 Å². The highest BCUT2D eigenvalue weighted by Crippen LogP contribution is 2.19. The summed E-state index contributed by atoms with van der Waals surface area (Å²) in [7, 11) is 0. The van der Waals surface area contributed by atoms with Gasteiger partial charge in [0.2, 0.25) is 5.13 Å². The van der Waals surface area contributed by atoms with E-state index in [0.29, 0.717) is 0 Å². The van der Waals surface area contributed by atoms with Gasteiger partial charge >= 0.3 is 0 Å². The van der Waals surface area contributed by atoms with Crippen molar-refractivity contribution in [2.75, 3.05) is 0 Å². The summed E-state index contributed by atoms with van der Waals surface area (Å²) >= 11 is 4.73. The minimum absolute atomic E-state index is 0.783. The number of imidazole rings is 1. The third-order valence-corrected chi connectivity index (χ3v) is 2.78. The van der Waals surface area contributed by atoms with Crippen molar-refractivity contribution in [3.63, 3.8) is 0 Å². The van der Waals surface area contributed by atoms with Crippen LogP contribution in [0.15, 0.2) is 16.3 Å². The number of halogens is 1. The Morgan fingerprint density at radius 1 is 1.50 bits per heavy atom. The minimum Gasteiger partial charge on any atom is -0.278 e. The van der Waals surface area contributed by atoms with E-state index in [0.717, 1.165) is 14.9 Å². The number of aryl methyl sites for hydroxylation is 1. The molecule has 2 rings (SSSR count). The summed E-state index contributed by atoms with van der Waals surface area (Å²) in [6.07, 6.45) is 3.60. The lowest BCUT2D eigenvalue weighted by molar-refractivity contribution is 0.918. The van der Waals surface area contributed by atoms with Crippen LogP contribution in [0.25, 0.3) is 5.13 Å². The van der Waals surface area contributed by atoms with E-state index < -0.39 is 0 Å². The maximum atomic E-state index is 4.09. The smallest absolute Gasteiger partial charge is 0.218 e. The molecular formula is C6H5BrN4S. The van der Waals surface area contributed by atoms with Crippen LogP contribution in [-0.2, 0) is 0 Å². The zero-order valence-corrected chi connectivity index (χ0v) is 8.63. The summed E-state index contributed by atoms with van der Waals surface area (Å²) < 4.78 is 2.67. The number of aromatic nitrogens is 4. The lowest BCUT2D eigenvalue weighted by atomic mass is 10.7. The Morgan fingerprint density at radius 3 is 2.83 bits per heavy atom. The Bertz CT molecular complexity index is 394. The monoisotopic (exact) mass is 244 g/mol. The number of hydrogen-bond acceptors (Lipinski definition) is 4. The van der Waals surface area contributed by atoms with E-state index in [2.05, 4.69) is 31.1 Å². The van der Waals surface area contributed by atoms with Crippen LogP contribution in [0.1, 0.15) is 5.82 Å². The van der Waals surface area contributed by atoms with Crippen LogP contribution in [0.2, 0.25) is 0 Å². The molecule has 2 heterocycles. The van der Waals surface area contributed by atoms with Crippen molar-refractivity contribution >= 4 is 27.3 Å². The van der Waals surface area contributed by atoms with Crippen LogP contribution in [0.5, 0.6) is 0 Å². The third-order valence-electron chi connectivity index (χ3n) is 1.42. The topological polar surface area (TPSA) is 43.6 Å². The molecule has 0 fully saturated rings. The molecule has 0 N–H and O–H groups in total. The van der Waals surface area contributed by atoms with Crippen molar-refractivity contribution in [3.05, 3.63) is 22.1 Å². The second-order valence-corrected chi connectivity index (χ2v) is 4.41. The fourth-order valence-corrected chi connectivity index (χ4v) is 1.99. The lowest BCUT2D eigenvalue weighted by Crippen LogP contribution is -1.93. The largest absolute Gasteiger partial charge is 0.278 e. The lowest BCUT2D eigenvalue weighted by Gasteiger charge is -1.95. The van der Waals surface area contributed by atoms with E-state index in [1.165, 1.54) is 11.3 Å². The van der Waals surface area contributed by atoms with Crippen molar-refractivity contribution in [2.45, 2.75) is 6.92 Å². The first-order valence-electron chi connectivity index (χ1n) is 3.26. The van der Waals surface area contributed by atoms with Gasteiger partial charge in [-0.2, -0.15) is 0 Å². The second-order valence-electron chi connectivity index (χ2n) is 2.18. The maximum Gasteiger partial charge on any atom is 0.218 e. The summed E-state index contributed by atoms with van der Waals surface area (Å²) in [5, 5.41) is 8.64.